The van der Waals surface area contributed by atoms with Crippen LogP contribution in [0.5, 0.6) is 5.75 Å². The first-order chi connectivity index (χ1) is 22.0. The molecule has 9 heteroatoms. The largest absolute Gasteiger partial charge is 0.505 e. The number of ether oxygens (including phenoxy) is 1. The van der Waals surface area contributed by atoms with E-state index in [1.165, 1.54) is 19.9 Å². The van der Waals surface area contributed by atoms with Gasteiger partial charge in [0.15, 0.2) is 11.6 Å². The van der Waals surface area contributed by atoms with Crippen LogP contribution in [0.2, 0.25) is 0 Å². The van der Waals surface area contributed by atoms with E-state index in [9.17, 15) is 18.8 Å². The quantitative estimate of drug-likeness (QED) is 0.151. The summed E-state index contributed by atoms with van der Waals surface area (Å²) in [7, 11) is 0. The van der Waals surface area contributed by atoms with Gasteiger partial charge in [0, 0.05) is 29.4 Å². The van der Waals surface area contributed by atoms with Gasteiger partial charge in [0.1, 0.15) is 17.9 Å². The Morgan fingerprint density at radius 1 is 1.11 bits per heavy atom. The van der Waals surface area contributed by atoms with E-state index in [1.807, 2.05) is 71.0 Å². The summed E-state index contributed by atoms with van der Waals surface area (Å²) in [6.07, 6.45) is 10.0. The number of hydrogen-bond acceptors (Lipinski definition) is 7. The van der Waals surface area contributed by atoms with Gasteiger partial charge in [0.05, 0.1) is 6.61 Å². The lowest BCUT2D eigenvalue weighted by Crippen LogP contribution is -2.19. The van der Waals surface area contributed by atoms with Crippen molar-refractivity contribution in [1.82, 2.24) is 4.98 Å². The highest BCUT2D eigenvalue weighted by atomic mass is 19.1. The van der Waals surface area contributed by atoms with Crippen molar-refractivity contribution in [2.45, 2.75) is 74.1 Å². The number of hydrogen-bond donors (Lipinski definition) is 2. The highest BCUT2D eigenvalue weighted by Crippen LogP contribution is 2.21. The zero-order chi connectivity index (χ0) is 34.9. The van der Waals surface area contributed by atoms with Gasteiger partial charge in [0.2, 0.25) is 0 Å². The van der Waals surface area contributed by atoms with Crippen LogP contribution in [0.1, 0.15) is 73.3 Å². The van der Waals surface area contributed by atoms with Gasteiger partial charge in [-0.1, -0.05) is 82.8 Å². The molecule has 2 N–H and O–H groups in total. The summed E-state index contributed by atoms with van der Waals surface area (Å²) in [6.45, 7) is 16.7. The normalized spacial score (nSPS) is 11.8. The molecule has 1 amide bonds. The van der Waals surface area contributed by atoms with Crippen molar-refractivity contribution in [1.29, 1.82) is 0 Å². The number of aliphatic imine (C=N–C) groups is 1. The number of amides is 1. The summed E-state index contributed by atoms with van der Waals surface area (Å²) in [5.41, 5.74) is 1.51. The number of fused-ring (bicyclic) bond motifs is 1. The molecular formula is C37H50FN3O5. The molecular weight excluding hydrogens is 585 g/mol. The molecule has 46 heavy (non-hydrogen) atoms. The maximum Gasteiger partial charge on any atom is 0.412 e. The summed E-state index contributed by atoms with van der Waals surface area (Å²) in [5.74, 6) is -0.125. The number of nitrogens with zero attached hydrogens (tertiary/aromatic N) is 2. The van der Waals surface area contributed by atoms with Crippen LogP contribution in [0.4, 0.5) is 15.0 Å². The van der Waals surface area contributed by atoms with Crippen LogP contribution in [-0.2, 0) is 20.7 Å². The van der Waals surface area contributed by atoms with Gasteiger partial charge in [0.25, 0.3) is 0 Å². The molecule has 250 valence electrons. The summed E-state index contributed by atoms with van der Waals surface area (Å²) >= 11 is 0. The topological polar surface area (TPSA) is 118 Å². The Morgan fingerprint density at radius 3 is 2.33 bits per heavy atom. The number of para-hydroxylation sites is 1. The second-order valence-electron chi connectivity index (χ2n) is 10.2. The number of ketones is 1. The number of aromatic nitrogens is 1. The van der Waals surface area contributed by atoms with Crippen molar-refractivity contribution in [2.75, 3.05) is 11.9 Å². The third-order valence-corrected chi connectivity index (χ3v) is 6.18. The molecule has 3 rings (SSSR count). The number of nitrogens with one attached hydrogen (secondary N) is 1. The highest BCUT2D eigenvalue weighted by molar-refractivity contribution is 5.89. The average Bonchev–Trinajstić information content (AvgIpc) is 3.05. The third-order valence-electron chi connectivity index (χ3n) is 6.18. The van der Waals surface area contributed by atoms with E-state index >= 15 is 0 Å². The fourth-order valence-corrected chi connectivity index (χ4v) is 3.82. The third kappa shape index (κ3) is 17.6. The zero-order valence-electron chi connectivity index (χ0n) is 28.3. The van der Waals surface area contributed by atoms with Crippen molar-refractivity contribution in [3.05, 3.63) is 90.5 Å². The Kier molecular flexibility index (Phi) is 22.1. The first kappa shape index (κ1) is 41.3. The monoisotopic (exact) mass is 635 g/mol. The number of aryl methyl sites for hydroxylation is 1. The van der Waals surface area contributed by atoms with Gasteiger partial charge in [-0.25, -0.2) is 14.2 Å². The van der Waals surface area contributed by atoms with E-state index in [1.54, 1.807) is 30.6 Å². The molecule has 0 saturated heterocycles. The van der Waals surface area contributed by atoms with Crippen LogP contribution in [0.3, 0.4) is 0 Å². The van der Waals surface area contributed by atoms with Gasteiger partial charge < -0.3 is 19.4 Å². The van der Waals surface area contributed by atoms with Crippen LogP contribution < -0.4 is 5.32 Å². The van der Waals surface area contributed by atoms with Crippen LogP contribution in [-0.4, -0.2) is 41.1 Å². The number of phenolic OH excluding ortho intramolecular Hbond substituents is 1. The molecule has 0 bridgehead atoms. The molecule has 0 aliphatic carbocycles. The minimum atomic E-state index is -0.542. The molecule has 0 fully saturated rings. The number of anilines is 1. The lowest BCUT2D eigenvalue weighted by atomic mass is 9.94. The van der Waals surface area contributed by atoms with Crippen LogP contribution in [0.25, 0.3) is 10.8 Å². The van der Waals surface area contributed by atoms with Crippen molar-refractivity contribution >= 4 is 41.0 Å². The Labute approximate surface area is 273 Å². The predicted molar refractivity (Wildman–Crippen MR) is 187 cm³/mol. The molecule has 2 aromatic carbocycles. The molecule has 1 aromatic heterocycles. The van der Waals surface area contributed by atoms with Crippen molar-refractivity contribution in [3.8, 4) is 5.75 Å². The molecule has 0 radical (unpaired) electrons. The van der Waals surface area contributed by atoms with Gasteiger partial charge in [-0.2, -0.15) is 0 Å². The van der Waals surface area contributed by atoms with Crippen LogP contribution in [0, 0.1) is 17.7 Å². The number of allylic oxidation sites excluding steroid dienone is 3. The first-order valence-corrected chi connectivity index (χ1v) is 15.5. The number of rotatable bonds is 12. The van der Waals surface area contributed by atoms with E-state index in [2.05, 4.69) is 21.9 Å². The highest BCUT2D eigenvalue weighted by Gasteiger charge is 2.14. The fourth-order valence-electron chi connectivity index (χ4n) is 3.82. The molecule has 0 spiro atoms. The van der Waals surface area contributed by atoms with Gasteiger partial charge >= 0.3 is 6.09 Å². The number of pyridine rings is 1. The van der Waals surface area contributed by atoms with Crippen molar-refractivity contribution in [3.63, 3.8) is 0 Å². The second-order valence-corrected chi connectivity index (χ2v) is 10.2. The molecule has 0 saturated carbocycles. The zero-order valence-corrected chi connectivity index (χ0v) is 28.3. The smallest absolute Gasteiger partial charge is 0.412 e. The number of aromatic hydroxyl groups is 1. The summed E-state index contributed by atoms with van der Waals surface area (Å²) in [6, 6.07) is 14.1. The molecule has 8 nitrogen and oxygen atoms in total. The summed E-state index contributed by atoms with van der Waals surface area (Å²) in [5, 5.41) is 13.7. The maximum absolute atomic E-state index is 12.5. The van der Waals surface area contributed by atoms with Crippen molar-refractivity contribution < 1.29 is 28.6 Å². The minimum Gasteiger partial charge on any atom is -0.505 e. The number of Topliss-reactive ketones (excluding diaryl/α,β-unsaturated/α-hetero) is 1. The van der Waals surface area contributed by atoms with E-state index in [0.29, 0.717) is 30.6 Å². The molecule has 0 aliphatic heterocycles. The van der Waals surface area contributed by atoms with Crippen LogP contribution in [0.15, 0.2) is 84.1 Å². The van der Waals surface area contributed by atoms with Crippen molar-refractivity contribution in [2.24, 2.45) is 16.8 Å². The van der Waals surface area contributed by atoms with E-state index in [4.69, 9.17) is 9.84 Å². The summed E-state index contributed by atoms with van der Waals surface area (Å²) in [4.78, 5) is 41.4. The van der Waals surface area contributed by atoms with E-state index in [0.717, 1.165) is 29.2 Å². The summed E-state index contributed by atoms with van der Waals surface area (Å²) < 4.78 is 17.8. The lowest BCUT2D eigenvalue weighted by molar-refractivity contribution is -0.115. The molecule has 1 heterocycles. The number of carbonyl (C=O) groups excluding carboxylic acids is 3. The molecule has 2 unspecified atom stereocenters. The van der Waals surface area contributed by atoms with E-state index in [-0.39, 0.29) is 30.0 Å². The lowest BCUT2D eigenvalue weighted by Gasteiger charge is -2.15. The SMILES string of the molecule is C=CC=N/C(=C\C)CC(C=O)CCC(C)COC(=O)Nc1cc2ccccc2cn1.CC.CC(C)=O.CCc1cccc(F)c1O. The minimum absolute atomic E-state index is 0.115. The maximum atomic E-state index is 12.5. The van der Waals surface area contributed by atoms with E-state index < -0.39 is 11.9 Å². The number of benzene rings is 2. The Balaban J connectivity index is 0.00000104. The molecule has 2 atom stereocenters. The first-order valence-electron chi connectivity index (χ1n) is 15.5. The number of phenols is 1. The molecule has 0 aliphatic rings. The number of halogens is 1. The Hall–Kier alpha value is -4.66. The Morgan fingerprint density at radius 2 is 1.76 bits per heavy atom. The van der Waals surface area contributed by atoms with Gasteiger partial charge in [-0.15, -0.1) is 0 Å². The number of aldehydes is 1. The number of carbonyl (C=O) groups is 3. The standard InChI is InChI=1S/C24H29N3O3.C8H9FO.C3H6O.C2H6/c1-4-12-25-22(5-2)13-19(16-28)11-10-18(3)17-30-24(29)27-23-14-20-8-6-7-9-21(20)15-26-23;1-2-6-4-3-5-7(9)8(6)10;1-3(2)4;1-2/h4-9,12,14-16,18-19H,1,10-11,13,17H2,2-3H3,(H,26,27,29);3-5,10H,2H2,1H3;1-2H3;1-2H3/b22-5-,25-12?;;;. The van der Waals surface area contributed by atoms with Gasteiger partial charge in [-0.05, 0) is 75.5 Å². The molecule has 3 aromatic rings. The fraction of sp³-hybridized carbons (Fsp3) is 0.378. The van der Waals surface area contributed by atoms with Crippen LogP contribution >= 0.6 is 0 Å². The second kappa shape index (κ2) is 24.6. The predicted octanol–water partition coefficient (Wildman–Crippen LogP) is 9.28. The Bertz CT molecular complexity index is 1420. The van der Waals surface area contributed by atoms with Gasteiger partial charge in [-0.3, -0.25) is 10.3 Å². The average molecular weight is 636 g/mol.